The third kappa shape index (κ3) is 5.21. The van der Waals surface area contributed by atoms with Crippen molar-refractivity contribution < 1.29 is 4.74 Å². The predicted molar refractivity (Wildman–Crippen MR) is 81.4 cm³/mol. The summed E-state index contributed by atoms with van der Waals surface area (Å²) in [5.41, 5.74) is 0. The lowest BCUT2D eigenvalue weighted by Gasteiger charge is -2.31. The number of alkyl halides is 1. The zero-order valence-corrected chi connectivity index (χ0v) is 12.7. The lowest BCUT2D eigenvalue weighted by molar-refractivity contribution is 0.142. The molecule has 0 bridgehead atoms. The van der Waals surface area contributed by atoms with Crippen LogP contribution in [0.4, 0.5) is 0 Å². The quantitative estimate of drug-likeness (QED) is 0.735. The van der Waals surface area contributed by atoms with Crippen LogP contribution in [0.5, 0.6) is 5.75 Å². The summed E-state index contributed by atoms with van der Waals surface area (Å²) in [5, 5.41) is 0.750. The van der Waals surface area contributed by atoms with E-state index < -0.39 is 0 Å². The summed E-state index contributed by atoms with van der Waals surface area (Å²) in [6.45, 7) is 4.29. The summed E-state index contributed by atoms with van der Waals surface area (Å²) >= 11 is 11.6. The first-order chi connectivity index (χ1) is 9.28. The number of halogens is 2. The second kappa shape index (κ2) is 7.98. The number of piperidine rings is 1. The van der Waals surface area contributed by atoms with Gasteiger partial charge < -0.3 is 9.64 Å². The van der Waals surface area contributed by atoms with Crippen LogP contribution in [0.15, 0.2) is 24.3 Å². The Morgan fingerprint density at radius 1 is 1.16 bits per heavy atom. The predicted octanol–water partition coefficient (Wildman–Crippen LogP) is 4.06. The van der Waals surface area contributed by atoms with Crippen molar-refractivity contribution >= 4 is 23.2 Å². The first kappa shape index (κ1) is 15.0. The van der Waals surface area contributed by atoms with Crippen LogP contribution in [0.1, 0.15) is 19.3 Å². The van der Waals surface area contributed by atoms with Crippen LogP contribution in [0.3, 0.4) is 0 Å². The van der Waals surface area contributed by atoms with Crippen LogP contribution < -0.4 is 4.74 Å². The Balaban J connectivity index is 1.67. The molecule has 19 heavy (non-hydrogen) atoms. The fraction of sp³-hybridized carbons (Fsp3) is 0.600. The van der Waals surface area contributed by atoms with E-state index in [0.29, 0.717) is 5.92 Å². The minimum atomic E-state index is 0.669. The smallest absolute Gasteiger partial charge is 0.119 e. The van der Waals surface area contributed by atoms with Gasteiger partial charge in [0.05, 0.1) is 6.61 Å². The van der Waals surface area contributed by atoms with Gasteiger partial charge >= 0.3 is 0 Å². The van der Waals surface area contributed by atoms with Crippen molar-refractivity contribution in [2.24, 2.45) is 5.92 Å². The van der Waals surface area contributed by atoms with E-state index in [2.05, 4.69) is 4.90 Å². The molecule has 106 valence electrons. The lowest BCUT2D eigenvalue weighted by atomic mass is 9.98. The van der Waals surface area contributed by atoms with Crippen LogP contribution >= 0.6 is 23.2 Å². The second-order valence-electron chi connectivity index (χ2n) is 5.09. The van der Waals surface area contributed by atoms with Gasteiger partial charge in [-0.15, -0.1) is 11.6 Å². The molecule has 0 unspecified atom stereocenters. The average molecular weight is 302 g/mol. The second-order valence-corrected chi connectivity index (χ2v) is 5.91. The van der Waals surface area contributed by atoms with Gasteiger partial charge in [0.1, 0.15) is 5.75 Å². The molecule has 1 aliphatic heterocycles. The molecule has 1 fully saturated rings. The topological polar surface area (TPSA) is 12.5 Å². The number of hydrogen-bond acceptors (Lipinski definition) is 2. The molecule has 0 aromatic heterocycles. The fourth-order valence-corrected chi connectivity index (χ4v) is 2.65. The molecule has 2 rings (SSSR count). The highest BCUT2D eigenvalue weighted by molar-refractivity contribution is 6.30. The number of hydrogen-bond donors (Lipinski definition) is 0. The Hall–Kier alpha value is -0.440. The highest BCUT2D eigenvalue weighted by atomic mass is 35.5. The zero-order valence-electron chi connectivity index (χ0n) is 11.2. The summed E-state index contributed by atoms with van der Waals surface area (Å²) in [6.07, 6.45) is 3.53. The molecule has 0 N–H and O–H groups in total. The third-order valence-corrected chi connectivity index (χ3v) is 4.13. The van der Waals surface area contributed by atoms with E-state index in [0.717, 1.165) is 36.2 Å². The van der Waals surface area contributed by atoms with E-state index in [9.17, 15) is 0 Å². The van der Waals surface area contributed by atoms with Crippen LogP contribution in [-0.4, -0.2) is 37.0 Å². The monoisotopic (exact) mass is 301 g/mol. The Labute approximate surface area is 125 Å². The van der Waals surface area contributed by atoms with E-state index in [1.807, 2.05) is 24.3 Å². The summed E-state index contributed by atoms with van der Waals surface area (Å²) < 4.78 is 5.82. The first-order valence-electron chi connectivity index (χ1n) is 6.94. The normalized spacial score (nSPS) is 17.6. The van der Waals surface area contributed by atoms with Crippen molar-refractivity contribution in [3.63, 3.8) is 0 Å². The molecule has 0 spiro atoms. The molecule has 1 aromatic carbocycles. The number of likely N-dealkylation sites (tertiary alicyclic amines) is 1. The van der Waals surface area contributed by atoms with Crippen molar-refractivity contribution in [1.29, 1.82) is 0 Å². The summed E-state index contributed by atoms with van der Waals surface area (Å²) in [6, 6.07) is 7.59. The molecule has 1 heterocycles. The van der Waals surface area contributed by atoms with E-state index in [-0.39, 0.29) is 0 Å². The molecule has 0 radical (unpaired) electrons. The maximum atomic E-state index is 5.85. The summed E-state index contributed by atoms with van der Waals surface area (Å²) in [4.78, 5) is 2.50. The highest BCUT2D eigenvalue weighted by Crippen LogP contribution is 2.20. The maximum absolute atomic E-state index is 5.85. The Kier molecular flexibility index (Phi) is 6.29. The van der Waals surface area contributed by atoms with Gasteiger partial charge in [-0.05, 0) is 69.1 Å². The van der Waals surface area contributed by atoms with Crippen LogP contribution in [0.25, 0.3) is 0 Å². The first-order valence-corrected chi connectivity index (χ1v) is 7.86. The van der Waals surface area contributed by atoms with Gasteiger partial charge in [-0.1, -0.05) is 11.6 Å². The summed E-state index contributed by atoms with van der Waals surface area (Å²) in [7, 11) is 0. The Bertz CT molecular complexity index is 361. The average Bonchev–Trinajstić information content (AvgIpc) is 2.46. The van der Waals surface area contributed by atoms with Crippen molar-refractivity contribution in [3.05, 3.63) is 29.3 Å². The molecule has 0 saturated carbocycles. The van der Waals surface area contributed by atoms with Gasteiger partial charge in [0.15, 0.2) is 0 Å². The van der Waals surface area contributed by atoms with Gasteiger partial charge in [0, 0.05) is 10.9 Å². The van der Waals surface area contributed by atoms with Gasteiger partial charge in [-0.3, -0.25) is 0 Å². The zero-order chi connectivity index (χ0) is 13.5. The van der Waals surface area contributed by atoms with Crippen LogP contribution in [0.2, 0.25) is 5.02 Å². The molecule has 1 aliphatic rings. The number of benzene rings is 1. The van der Waals surface area contributed by atoms with E-state index >= 15 is 0 Å². The minimum absolute atomic E-state index is 0.669. The Morgan fingerprint density at radius 2 is 1.84 bits per heavy atom. The van der Waals surface area contributed by atoms with Crippen molar-refractivity contribution in [1.82, 2.24) is 4.90 Å². The third-order valence-electron chi connectivity index (χ3n) is 3.61. The van der Waals surface area contributed by atoms with E-state index in [1.165, 1.54) is 25.9 Å². The molecule has 4 heteroatoms. The molecular weight excluding hydrogens is 281 g/mol. The van der Waals surface area contributed by atoms with Gasteiger partial charge in [0.25, 0.3) is 0 Å². The summed E-state index contributed by atoms with van der Waals surface area (Å²) in [5.74, 6) is 2.34. The molecule has 2 nitrogen and oxygen atoms in total. The SMILES string of the molecule is ClCCCN1CCC(COc2ccc(Cl)cc2)CC1. The molecular formula is C15H21Cl2NO. The maximum Gasteiger partial charge on any atom is 0.119 e. The van der Waals surface area contributed by atoms with Crippen molar-refractivity contribution in [2.75, 3.05) is 32.1 Å². The Morgan fingerprint density at radius 3 is 2.47 bits per heavy atom. The largest absolute Gasteiger partial charge is 0.493 e. The number of rotatable bonds is 6. The molecule has 0 atom stereocenters. The molecule has 1 aromatic rings. The molecule has 0 aliphatic carbocycles. The van der Waals surface area contributed by atoms with Crippen LogP contribution in [0, 0.1) is 5.92 Å². The van der Waals surface area contributed by atoms with Crippen LogP contribution in [-0.2, 0) is 0 Å². The minimum Gasteiger partial charge on any atom is -0.493 e. The van der Waals surface area contributed by atoms with Gasteiger partial charge in [0.2, 0.25) is 0 Å². The number of ether oxygens (including phenoxy) is 1. The fourth-order valence-electron chi connectivity index (χ4n) is 2.40. The van der Waals surface area contributed by atoms with Gasteiger partial charge in [-0.25, -0.2) is 0 Å². The molecule has 1 saturated heterocycles. The van der Waals surface area contributed by atoms with Crippen molar-refractivity contribution in [2.45, 2.75) is 19.3 Å². The standard InChI is InChI=1S/C15H21Cl2NO/c16-8-1-9-18-10-6-13(7-11-18)12-19-15-4-2-14(17)3-5-15/h2-5,13H,1,6-12H2. The highest BCUT2D eigenvalue weighted by Gasteiger charge is 2.19. The van der Waals surface area contributed by atoms with Gasteiger partial charge in [-0.2, -0.15) is 0 Å². The molecule has 0 amide bonds. The van der Waals surface area contributed by atoms with Crippen molar-refractivity contribution in [3.8, 4) is 5.75 Å². The van der Waals surface area contributed by atoms with E-state index in [4.69, 9.17) is 27.9 Å². The van der Waals surface area contributed by atoms with E-state index in [1.54, 1.807) is 0 Å². The number of nitrogens with zero attached hydrogens (tertiary/aromatic N) is 1. The lowest BCUT2D eigenvalue weighted by Crippen LogP contribution is -2.36.